The lowest BCUT2D eigenvalue weighted by molar-refractivity contribution is -0.139. The Bertz CT molecular complexity index is 470. The van der Waals surface area contributed by atoms with Gasteiger partial charge in [-0.15, -0.1) is 11.8 Å². The van der Waals surface area contributed by atoms with Gasteiger partial charge in [0, 0.05) is 12.8 Å². The maximum absolute atomic E-state index is 5.67. The van der Waals surface area contributed by atoms with Gasteiger partial charge < -0.3 is 18.9 Å². The molecule has 2 aliphatic rings. The van der Waals surface area contributed by atoms with Crippen LogP contribution in [0, 0.1) is 11.8 Å². The highest BCUT2D eigenvalue weighted by molar-refractivity contribution is 4.98. The normalized spacial score (nSPS) is 26.2. The fraction of sp³-hybridized carbons (Fsp3) is 0.818. The minimum Gasteiger partial charge on any atom is -0.348 e. The van der Waals surface area contributed by atoms with Crippen LogP contribution in [0.5, 0.6) is 0 Å². The average molecular weight is 367 g/mol. The molecule has 2 atom stereocenters. The Kier molecular flexibility index (Phi) is 10.5. The van der Waals surface area contributed by atoms with E-state index in [-0.39, 0.29) is 23.8 Å². The Morgan fingerprint density at radius 2 is 1.42 bits per heavy atom. The highest BCUT2D eigenvalue weighted by atomic mass is 16.7. The number of allylic oxidation sites excluding steroid dienone is 2. The lowest BCUT2D eigenvalue weighted by Crippen LogP contribution is -2.21. The van der Waals surface area contributed by atoms with E-state index in [0.717, 1.165) is 45.1 Å². The molecule has 0 N–H and O–H groups in total. The van der Waals surface area contributed by atoms with E-state index in [9.17, 15) is 0 Å². The molecule has 0 radical (unpaired) electrons. The topological polar surface area (TPSA) is 36.9 Å². The van der Waals surface area contributed by atoms with Crippen LogP contribution in [-0.4, -0.2) is 37.0 Å². The number of ether oxygens (including phenoxy) is 4. The van der Waals surface area contributed by atoms with Gasteiger partial charge in [0.1, 0.15) is 0 Å². The Balaban J connectivity index is 0.000000260. The monoisotopic (exact) mass is 366 g/mol. The lowest BCUT2D eigenvalue weighted by atomic mass is 10.2. The van der Waals surface area contributed by atoms with Crippen molar-refractivity contribution in [1.29, 1.82) is 0 Å². The third kappa shape index (κ3) is 10.3. The molecular weight excluding hydrogens is 328 g/mol. The van der Waals surface area contributed by atoms with E-state index in [2.05, 4.69) is 37.8 Å². The molecule has 2 heterocycles. The van der Waals surface area contributed by atoms with Gasteiger partial charge in [0.15, 0.2) is 11.6 Å². The molecule has 4 nitrogen and oxygen atoms in total. The molecule has 0 aromatic rings. The van der Waals surface area contributed by atoms with Crippen molar-refractivity contribution in [2.75, 3.05) is 13.2 Å². The fourth-order valence-electron chi connectivity index (χ4n) is 2.82. The molecule has 2 aliphatic heterocycles. The van der Waals surface area contributed by atoms with Crippen LogP contribution in [0.2, 0.25) is 0 Å². The molecule has 0 bridgehead atoms. The van der Waals surface area contributed by atoms with Gasteiger partial charge in [-0.05, 0) is 53.4 Å². The third-order valence-corrected chi connectivity index (χ3v) is 4.09. The molecule has 2 fully saturated rings. The van der Waals surface area contributed by atoms with Gasteiger partial charge in [0.2, 0.25) is 0 Å². The quantitative estimate of drug-likeness (QED) is 0.477. The second-order valence-corrected chi connectivity index (χ2v) is 7.60. The molecule has 4 heteroatoms. The minimum atomic E-state index is -0.386. The Hall–Kier alpha value is -0.860. The summed E-state index contributed by atoms with van der Waals surface area (Å²) in [6.45, 7) is 13.5. The van der Waals surface area contributed by atoms with Crippen molar-refractivity contribution in [3.63, 3.8) is 0 Å². The predicted octanol–water partition coefficient (Wildman–Crippen LogP) is 5.22. The van der Waals surface area contributed by atoms with E-state index in [4.69, 9.17) is 18.9 Å². The Labute approximate surface area is 160 Å². The summed E-state index contributed by atoms with van der Waals surface area (Å²) in [6, 6.07) is 0. The molecule has 0 spiro atoms. The van der Waals surface area contributed by atoms with E-state index in [0.29, 0.717) is 6.61 Å². The summed E-state index contributed by atoms with van der Waals surface area (Å²) in [4.78, 5) is 0. The fourth-order valence-corrected chi connectivity index (χ4v) is 2.82. The van der Waals surface area contributed by atoms with Crippen molar-refractivity contribution >= 4 is 0 Å². The van der Waals surface area contributed by atoms with Crippen molar-refractivity contribution in [3.05, 3.63) is 12.2 Å². The molecular formula is C22H38O4. The van der Waals surface area contributed by atoms with Gasteiger partial charge in [0.25, 0.3) is 0 Å². The smallest absolute Gasteiger partial charge is 0.163 e. The second-order valence-electron chi connectivity index (χ2n) is 7.60. The van der Waals surface area contributed by atoms with E-state index in [1.54, 1.807) is 0 Å². The molecule has 150 valence electrons. The molecule has 0 aromatic carbocycles. The van der Waals surface area contributed by atoms with Crippen LogP contribution >= 0.6 is 0 Å². The van der Waals surface area contributed by atoms with Crippen LogP contribution in [0.25, 0.3) is 0 Å². The standard InChI is InChI=1S/C11H20O2.C11H18O2/c2*1-4-5-6-7-8-10-9-12-11(2,3)13-10/h5-6,10H,4,7-9H2,1-3H3;10H,4,7-9H2,1-3H3/b6-5-;/t2*10-/m11/s1. The summed E-state index contributed by atoms with van der Waals surface area (Å²) >= 11 is 0. The zero-order valence-electron chi connectivity index (χ0n) is 17.6. The first-order chi connectivity index (χ1) is 12.3. The van der Waals surface area contributed by atoms with Crippen LogP contribution in [0.3, 0.4) is 0 Å². The summed E-state index contributed by atoms with van der Waals surface area (Å²) in [5.74, 6) is 5.40. The van der Waals surface area contributed by atoms with Crippen molar-refractivity contribution in [2.45, 2.75) is 104 Å². The first kappa shape index (κ1) is 23.2. The van der Waals surface area contributed by atoms with Crippen LogP contribution < -0.4 is 0 Å². The summed E-state index contributed by atoms with van der Waals surface area (Å²) in [5.41, 5.74) is 0. The summed E-state index contributed by atoms with van der Waals surface area (Å²) in [6.07, 6.45) is 11.1. The molecule has 0 saturated carbocycles. The van der Waals surface area contributed by atoms with Crippen molar-refractivity contribution < 1.29 is 18.9 Å². The van der Waals surface area contributed by atoms with Crippen molar-refractivity contribution in [1.82, 2.24) is 0 Å². The molecule has 0 amide bonds. The molecule has 2 saturated heterocycles. The van der Waals surface area contributed by atoms with E-state index in [1.807, 2.05) is 27.7 Å². The van der Waals surface area contributed by atoms with E-state index >= 15 is 0 Å². The first-order valence-corrected chi connectivity index (χ1v) is 10.0. The first-order valence-electron chi connectivity index (χ1n) is 10.0. The highest BCUT2D eigenvalue weighted by Crippen LogP contribution is 2.25. The van der Waals surface area contributed by atoms with Crippen molar-refractivity contribution in [3.8, 4) is 11.8 Å². The Morgan fingerprint density at radius 1 is 0.846 bits per heavy atom. The van der Waals surface area contributed by atoms with E-state index in [1.165, 1.54) is 0 Å². The summed E-state index contributed by atoms with van der Waals surface area (Å²) < 4.78 is 22.2. The predicted molar refractivity (Wildman–Crippen MR) is 106 cm³/mol. The van der Waals surface area contributed by atoms with Crippen molar-refractivity contribution in [2.24, 2.45) is 0 Å². The van der Waals surface area contributed by atoms with Crippen LogP contribution in [0.1, 0.15) is 80.1 Å². The largest absolute Gasteiger partial charge is 0.348 e. The zero-order valence-corrected chi connectivity index (χ0v) is 17.6. The van der Waals surface area contributed by atoms with Gasteiger partial charge in [-0.2, -0.15) is 0 Å². The summed E-state index contributed by atoms with van der Waals surface area (Å²) in [5, 5.41) is 0. The van der Waals surface area contributed by atoms with Gasteiger partial charge in [0.05, 0.1) is 25.4 Å². The maximum atomic E-state index is 5.67. The molecule has 0 aliphatic carbocycles. The summed E-state index contributed by atoms with van der Waals surface area (Å²) in [7, 11) is 0. The van der Waals surface area contributed by atoms with Crippen LogP contribution in [0.4, 0.5) is 0 Å². The SMILES string of the molecule is CC/C=C\CC[C@@H]1COC(C)(C)O1.CCC#CCC[C@@H]1COC(C)(C)O1. The molecule has 2 rings (SSSR count). The molecule has 0 unspecified atom stereocenters. The Morgan fingerprint density at radius 3 is 1.88 bits per heavy atom. The number of hydrogen-bond acceptors (Lipinski definition) is 4. The maximum Gasteiger partial charge on any atom is 0.163 e. The van der Waals surface area contributed by atoms with Crippen LogP contribution in [-0.2, 0) is 18.9 Å². The minimum absolute atomic E-state index is 0.237. The van der Waals surface area contributed by atoms with Gasteiger partial charge in [-0.3, -0.25) is 0 Å². The van der Waals surface area contributed by atoms with Gasteiger partial charge in [-0.25, -0.2) is 0 Å². The molecule has 0 aromatic heterocycles. The molecule has 26 heavy (non-hydrogen) atoms. The van der Waals surface area contributed by atoms with E-state index < -0.39 is 0 Å². The third-order valence-electron chi connectivity index (χ3n) is 4.09. The highest BCUT2D eigenvalue weighted by Gasteiger charge is 2.32. The lowest BCUT2D eigenvalue weighted by Gasteiger charge is -2.16. The van der Waals surface area contributed by atoms with Crippen LogP contribution in [0.15, 0.2) is 12.2 Å². The zero-order chi connectivity index (χ0) is 19.5. The average Bonchev–Trinajstić information content (AvgIpc) is 3.10. The van der Waals surface area contributed by atoms with Gasteiger partial charge in [-0.1, -0.05) is 26.0 Å². The second kappa shape index (κ2) is 11.8. The number of hydrogen-bond donors (Lipinski definition) is 0. The number of rotatable bonds is 6. The van der Waals surface area contributed by atoms with Gasteiger partial charge >= 0.3 is 0 Å².